The highest BCUT2D eigenvalue weighted by Gasteiger charge is 2.11. The van der Waals surface area contributed by atoms with Crippen LogP contribution in [0, 0.1) is 0 Å². The Morgan fingerprint density at radius 3 is 2.62 bits per heavy atom. The van der Waals surface area contributed by atoms with E-state index in [4.69, 9.17) is 4.74 Å². The van der Waals surface area contributed by atoms with Gasteiger partial charge in [0.05, 0.1) is 5.56 Å². The van der Waals surface area contributed by atoms with Crippen molar-refractivity contribution in [2.75, 3.05) is 32.8 Å². The normalized spacial score (nSPS) is 9.86. The van der Waals surface area contributed by atoms with E-state index < -0.39 is 0 Å². The molecule has 0 heterocycles. The van der Waals surface area contributed by atoms with Crippen molar-refractivity contribution in [1.82, 2.24) is 10.2 Å². The SMILES string of the molecule is C=CCOc1ccccc1C(=O)NCCN(CC)CC.Cl. The van der Waals surface area contributed by atoms with Crippen molar-refractivity contribution in [3.8, 4) is 5.75 Å². The molecule has 4 nitrogen and oxygen atoms in total. The first-order chi connectivity index (χ1) is 9.72. The van der Waals surface area contributed by atoms with Gasteiger partial charge in [-0.3, -0.25) is 4.79 Å². The summed E-state index contributed by atoms with van der Waals surface area (Å²) in [5.41, 5.74) is 0.564. The van der Waals surface area contributed by atoms with Gasteiger partial charge in [-0.2, -0.15) is 0 Å². The van der Waals surface area contributed by atoms with Gasteiger partial charge in [-0.15, -0.1) is 12.4 Å². The van der Waals surface area contributed by atoms with Gasteiger partial charge in [0, 0.05) is 13.1 Å². The average Bonchev–Trinajstić information content (AvgIpc) is 2.49. The summed E-state index contributed by atoms with van der Waals surface area (Å²) in [4.78, 5) is 14.4. The van der Waals surface area contributed by atoms with Crippen LogP contribution in [0.5, 0.6) is 5.75 Å². The Labute approximate surface area is 133 Å². The molecule has 0 aliphatic heterocycles. The maximum absolute atomic E-state index is 12.2. The van der Waals surface area contributed by atoms with Crippen LogP contribution in [0.3, 0.4) is 0 Å². The minimum absolute atomic E-state index is 0. The number of rotatable bonds is 9. The number of amides is 1. The monoisotopic (exact) mass is 312 g/mol. The largest absolute Gasteiger partial charge is 0.489 e. The number of ether oxygens (including phenoxy) is 1. The Morgan fingerprint density at radius 2 is 2.00 bits per heavy atom. The van der Waals surface area contributed by atoms with E-state index in [1.807, 2.05) is 12.1 Å². The number of halogens is 1. The van der Waals surface area contributed by atoms with Gasteiger partial charge < -0.3 is 15.0 Å². The Bertz CT molecular complexity index is 434. The van der Waals surface area contributed by atoms with Crippen molar-refractivity contribution in [3.63, 3.8) is 0 Å². The molecule has 21 heavy (non-hydrogen) atoms. The summed E-state index contributed by atoms with van der Waals surface area (Å²) >= 11 is 0. The predicted octanol–water partition coefficient (Wildman–Crippen LogP) is 2.74. The third kappa shape index (κ3) is 6.65. The van der Waals surface area contributed by atoms with Gasteiger partial charge in [0.25, 0.3) is 5.91 Å². The molecule has 1 N–H and O–H groups in total. The first kappa shape index (κ1) is 19.5. The number of benzene rings is 1. The van der Waals surface area contributed by atoms with E-state index in [9.17, 15) is 4.79 Å². The fraction of sp³-hybridized carbons (Fsp3) is 0.438. The summed E-state index contributed by atoms with van der Waals surface area (Å²) in [6, 6.07) is 7.25. The van der Waals surface area contributed by atoms with Gasteiger partial charge in [-0.05, 0) is 25.2 Å². The summed E-state index contributed by atoms with van der Waals surface area (Å²) in [6.45, 7) is 11.7. The van der Waals surface area contributed by atoms with Crippen LogP contribution in [0.2, 0.25) is 0 Å². The van der Waals surface area contributed by atoms with Crippen molar-refractivity contribution >= 4 is 18.3 Å². The highest BCUT2D eigenvalue weighted by molar-refractivity contribution is 5.96. The number of hydrogen-bond donors (Lipinski definition) is 1. The van der Waals surface area contributed by atoms with E-state index in [1.165, 1.54) is 0 Å². The number of carbonyl (C=O) groups excluding carboxylic acids is 1. The lowest BCUT2D eigenvalue weighted by Crippen LogP contribution is -2.34. The van der Waals surface area contributed by atoms with Gasteiger partial charge in [0.15, 0.2) is 0 Å². The van der Waals surface area contributed by atoms with Crippen LogP contribution >= 0.6 is 12.4 Å². The average molecular weight is 313 g/mol. The van der Waals surface area contributed by atoms with Crippen LogP contribution in [-0.4, -0.2) is 43.6 Å². The van der Waals surface area contributed by atoms with Crippen molar-refractivity contribution in [2.24, 2.45) is 0 Å². The molecule has 1 aromatic rings. The molecule has 0 radical (unpaired) electrons. The number of likely N-dealkylation sites (N-methyl/N-ethyl adjacent to an activating group) is 1. The zero-order valence-corrected chi connectivity index (χ0v) is 13.6. The fourth-order valence-corrected chi connectivity index (χ4v) is 1.89. The Morgan fingerprint density at radius 1 is 1.33 bits per heavy atom. The highest BCUT2D eigenvalue weighted by Crippen LogP contribution is 2.17. The number of carbonyl (C=O) groups is 1. The lowest BCUT2D eigenvalue weighted by molar-refractivity contribution is 0.0945. The summed E-state index contributed by atoms with van der Waals surface area (Å²) < 4.78 is 5.49. The second-order valence-electron chi connectivity index (χ2n) is 4.38. The zero-order chi connectivity index (χ0) is 14.8. The molecule has 1 amide bonds. The Balaban J connectivity index is 0.00000400. The number of hydrogen-bond acceptors (Lipinski definition) is 3. The standard InChI is InChI=1S/C16H24N2O2.ClH/c1-4-13-20-15-10-8-7-9-14(15)16(19)17-11-12-18(5-2)6-3;/h4,7-10H,1,5-6,11-13H2,2-3H3,(H,17,19);1H. The van der Waals surface area contributed by atoms with Crippen LogP contribution in [0.4, 0.5) is 0 Å². The van der Waals surface area contributed by atoms with Gasteiger partial charge >= 0.3 is 0 Å². The molecule has 5 heteroatoms. The molecular formula is C16H25ClN2O2. The summed E-state index contributed by atoms with van der Waals surface area (Å²) in [7, 11) is 0. The molecule has 0 unspecified atom stereocenters. The van der Waals surface area contributed by atoms with Crippen molar-refractivity contribution in [3.05, 3.63) is 42.5 Å². The number of nitrogens with one attached hydrogen (secondary N) is 1. The molecule has 0 saturated carbocycles. The van der Waals surface area contributed by atoms with Gasteiger partial charge in [-0.25, -0.2) is 0 Å². The first-order valence-corrected chi connectivity index (χ1v) is 7.06. The van der Waals surface area contributed by atoms with Crippen molar-refractivity contribution < 1.29 is 9.53 Å². The van der Waals surface area contributed by atoms with E-state index in [2.05, 4.69) is 30.6 Å². The quantitative estimate of drug-likeness (QED) is 0.713. The molecule has 0 aliphatic carbocycles. The molecule has 0 spiro atoms. The molecule has 0 saturated heterocycles. The first-order valence-electron chi connectivity index (χ1n) is 7.06. The van der Waals surface area contributed by atoms with Crippen molar-refractivity contribution in [2.45, 2.75) is 13.8 Å². The maximum Gasteiger partial charge on any atom is 0.255 e. The van der Waals surface area contributed by atoms with Gasteiger partial charge in [0.2, 0.25) is 0 Å². The third-order valence-corrected chi connectivity index (χ3v) is 3.10. The molecule has 1 rings (SSSR count). The highest BCUT2D eigenvalue weighted by atomic mass is 35.5. The van der Waals surface area contributed by atoms with E-state index in [1.54, 1.807) is 18.2 Å². The van der Waals surface area contributed by atoms with Crippen LogP contribution in [0.15, 0.2) is 36.9 Å². The Hall–Kier alpha value is -1.52. The number of para-hydroxylation sites is 1. The molecule has 1 aromatic carbocycles. The topological polar surface area (TPSA) is 41.6 Å². The second kappa shape index (κ2) is 11.2. The molecular weight excluding hydrogens is 288 g/mol. The molecule has 0 fully saturated rings. The van der Waals surface area contributed by atoms with E-state index in [0.29, 0.717) is 24.5 Å². The minimum Gasteiger partial charge on any atom is -0.489 e. The van der Waals surface area contributed by atoms with Crippen LogP contribution in [-0.2, 0) is 0 Å². The summed E-state index contributed by atoms with van der Waals surface area (Å²) in [5, 5.41) is 2.93. The van der Waals surface area contributed by atoms with Gasteiger partial charge in [0.1, 0.15) is 12.4 Å². The maximum atomic E-state index is 12.2. The molecule has 0 aromatic heterocycles. The smallest absolute Gasteiger partial charge is 0.255 e. The predicted molar refractivity (Wildman–Crippen MR) is 89.5 cm³/mol. The Kier molecular flexibility index (Phi) is 10.4. The fourth-order valence-electron chi connectivity index (χ4n) is 1.89. The third-order valence-electron chi connectivity index (χ3n) is 3.10. The van der Waals surface area contributed by atoms with Crippen LogP contribution in [0.25, 0.3) is 0 Å². The van der Waals surface area contributed by atoms with E-state index in [-0.39, 0.29) is 18.3 Å². The van der Waals surface area contributed by atoms with E-state index in [0.717, 1.165) is 19.6 Å². The summed E-state index contributed by atoms with van der Waals surface area (Å²) in [6.07, 6.45) is 1.66. The lowest BCUT2D eigenvalue weighted by atomic mass is 10.2. The lowest BCUT2D eigenvalue weighted by Gasteiger charge is -2.18. The summed E-state index contributed by atoms with van der Waals surface area (Å²) in [5.74, 6) is 0.490. The second-order valence-corrected chi connectivity index (χ2v) is 4.38. The number of nitrogens with zero attached hydrogens (tertiary/aromatic N) is 1. The molecule has 0 aliphatic rings. The molecule has 118 valence electrons. The van der Waals surface area contributed by atoms with Crippen LogP contribution < -0.4 is 10.1 Å². The zero-order valence-electron chi connectivity index (χ0n) is 12.8. The van der Waals surface area contributed by atoms with Gasteiger partial charge in [-0.1, -0.05) is 38.6 Å². The minimum atomic E-state index is -0.100. The molecule has 0 bridgehead atoms. The van der Waals surface area contributed by atoms with E-state index >= 15 is 0 Å². The van der Waals surface area contributed by atoms with Crippen molar-refractivity contribution in [1.29, 1.82) is 0 Å². The molecule has 0 atom stereocenters. The van der Waals surface area contributed by atoms with Crippen LogP contribution in [0.1, 0.15) is 24.2 Å².